The van der Waals surface area contributed by atoms with Crippen LogP contribution < -0.4 is 22.6 Å². The zero-order valence-electron chi connectivity index (χ0n) is 6.80. The Kier molecular flexibility index (Phi) is 8.33. The van der Waals surface area contributed by atoms with Crippen molar-refractivity contribution in [1.82, 2.24) is 0 Å². The molecule has 0 saturated carbocycles. The van der Waals surface area contributed by atoms with Gasteiger partial charge in [0.1, 0.15) is 4.43 Å². The van der Waals surface area contributed by atoms with Gasteiger partial charge in [0.15, 0.2) is 10.1 Å². The summed E-state index contributed by atoms with van der Waals surface area (Å²) in [6.07, 6.45) is 2.74. The second kappa shape index (κ2) is 6.82. The molecular weight excluding hydrogens is 324 g/mol. The van der Waals surface area contributed by atoms with Crippen LogP contribution in [0.25, 0.3) is 0 Å². The van der Waals surface area contributed by atoms with Crippen LogP contribution in [-0.2, 0) is 10.1 Å². The molecule has 0 heterocycles. The topological polar surface area (TPSA) is 57.2 Å². The molecule has 0 aromatic rings. The minimum atomic E-state index is -6.09. The smallest absolute Gasteiger partial charge is 0.485 e. The third-order valence-electron chi connectivity index (χ3n) is 0.781. The average Bonchev–Trinajstić information content (AvgIpc) is 1.85. The molecule has 8 heteroatoms. The van der Waals surface area contributed by atoms with E-state index in [0.29, 0.717) is 0 Å². The van der Waals surface area contributed by atoms with Crippen LogP contribution in [0.1, 0.15) is 19.8 Å². The van der Waals surface area contributed by atoms with Gasteiger partial charge in [0.2, 0.25) is 0 Å². The molecule has 0 unspecified atom stereocenters. The zero-order chi connectivity index (χ0) is 11.1. The molecule has 0 radical (unpaired) electrons. The highest BCUT2D eigenvalue weighted by Gasteiger charge is 2.36. The lowest BCUT2D eigenvalue weighted by atomic mass is 10.4. The van der Waals surface area contributed by atoms with Crippen LogP contribution >= 0.6 is 0 Å². The van der Waals surface area contributed by atoms with Crippen molar-refractivity contribution < 1.29 is 48.7 Å². The van der Waals surface area contributed by atoms with Crippen LogP contribution in [0.5, 0.6) is 0 Å². The molecule has 0 aliphatic rings. The standard InChI is InChI=1S/C4H10I.CHF3O3S/c1-2-3-4-5;2-1(3,4)8(5,6)7/h5H,2-4H2,1H3;(H,5,6,7)/q+1;/p-1. The van der Waals surface area contributed by atoms with Crippen LogP contribution in [0.4, 0.5) is 13.2 Å². The lowest BCUT2D eigenvalue weighted by Crippen LogP contribution is -3.35. The van der Waals surface area contributed by atoms with Gasteiger partial charge in [-0.25, -0.2) is 8.42 Å². The molecule has 0 aliphatic heterocycles. The average molecular weight is 334 g/mol. The van der Waals surface area contributed by atoms with Gasteiger partial charge < -0.3 is 4.55 Å². The highest BCUT2D eigenvalue weighted by molar-refractivity contribution is 7.86. The van der Waals surface area contributed by atoms with E-state index in [9.17, 15) is 13.2 Å². The summed E-state index contributed by atoms with van der Waals surface area (Å²) in [6.45, 7) is 2.21. The fraction of sp³-hybridized carbons (Fsp3) is 1.00. The summed E-state index contributed by atoms with van der Waals surface area (Å²) < 4.78 is 60.3. The van der Waals surface area contributed by atoms with Crippen molar-refractivity contribution in [3.8, 4) is 0 Å². The van der Waals surface area contributed by atoms with Crippen molar-refractivity contribution in [3.05, 3.63) is 0 Å². The van der Waals surface area contributed by atoms with E-state index in [0.717, 1.165) is 0 Å². The van der Waals surface area contributed by atoms with Crippen LogP contribution in [-0.4, -0.2) is 22.9 Å². The lowest BCUT2D eigenvalue weighted by molar-refractivity contribution is -0.368. The summed E-state index contributed by atoms with van der Waals surface area (Å²) in [4.78, 5) is 0. The maximum absolute atomic E-state index is 10.7. The molecule has 82 valence electrons. The van der Waals surface area contributed by atoms with Gasteiger partial charge in [-0.2, -0.15) is 13.2 Å². The molecule has 0 aliphatic carbocycles. The summed E-state index contributed by atoms with van der Waals surface area (Å²) in [7, 11) is -6.09. The molecular formula is C5H10F3IO3S. The van der Waals surface area contributed by atoms with E-state index in [1.807, 2.05) is 0 Å². The number of hydrogen-bond donors (Lipinski definition) is 0. The quantitative estimate of drug-likeness (QED) is 0.257. The number of unbranched alkanes of at least 4 members (excludes halogenated alkanes) is 1. The molecule has 0 rings (SSSR count). The molecule has 0 amide bonds. The van der Waals surface area contributed by atoms with Gasteiger partial charge in [-0.05, 0) is 6.42 Å². The van der Waals surface area contributed by atoms with Gasteiger partial charge in [0, 0.05) is 0 Å². The van der Waals surface area contributed by atoms with E-state index in [1.54, 1.807) is 0 Å². The summed E-state index contributed by atoms with van der Waals surface area (Å²) >= 11 is 2.15. The van der Waals surface area contributed by atoms with Crippen molar-refractivity contribution in [1.29, 1.82) is 0 Å². The predicted molar refractivity (Wildman–Crippen MR) is 36.9 cm³/mol. The van der Waals surface area contributed by atoms with Gasteiger partial charge in [-0.3, -0.25) is 0 Å². The van der Waals surface area contributed by atoms with Crippen LogP contribution in [0, 0.1) is 0 Å². The molecule has 3 nitrogen and oxygen atoms in total. The second-order valence-corrected chi connectivity index (χ2v) is 4.49. The van der Waals surface area contributed by atoms with Crippen LogP contribution in [0.15, 0.2) is 0 Å². The largest absolute Gasteiger partial charge is 0.741 e. The van der Waals surface area contributed by atoms with Gasteiger partial charge in [-0.15, -0.1) is 0 Å². The number of hydrogen-bond acceptors (Lipinski definition) is 3. The van der Waals surface area contributed by atoms with Crippen molar-refractivity contribution in [2.45, 2.75) is 25.3 Å². The van der Waals surface area contributed by atoms with Crippen molar-refractivity contribution >= 4 is 10.1 Å². The van der Waals surface area contributed by atoms with Gasteiger partial charge >= 0.3 is 5.51 Å². The van der Waals surface area contributed by atoms with Gasteiger partial charge in [0.25, 0.3) is 22.6 Å². The van der Waals surface area contributed by atoms with Gasteiger partial charge in [-0.1, -0.05) is 13.3 Å². The third kappa shape index (κ3) is 10.4. The first-order valence-corrected chi connectivity index (χ1v) is 6.32. The molecule has 0 fully saturated rings. The fourth-order valence-corrected chi connectivity index (χ4v) is 0.968. The highest BCUT2D eigenvalue weighted by Crippen LogP contribution is 2.20. The van der Waals surface area contributed by atoms with E-state index in [2.05, 4.69) is 29.5 Å². The second-order valence-electron chi connectivity index (χ2n) is 1.96. The van der Waals surface area contributed by atoms with E-state index < -0.39 is 15.6 Å². The molecule has 0 aromatic heterocycles. The summed E-state index contributed by atoms with van der Waals surface area (Å²) in [5, 5.41) is 0. The van der Waals surface area contributed by atoms with Crippen molar-refractivity contribution in [2.75, 3.05) is 4.43 Å². The maximum Gasteiger partial charge on any atom is 0.485 e. The molecule has 0 atom stereocenters. The Bertz CT molecular complexity index is 210. The highest BCUT2D eigenvalue weighted by atomic mass is 127. The first-order chi connectivity index (χ1) is 5.66. The van der Waals surface area contributed by atoms with Gasteiger partial charge in [0.05, 0.1) is 0 Å². The molecule has 0 saturated heterocycles. The first-order valence-electron chi connectivity index (χ1n) is 3.27. The lowest BCUT2D eigenvalue weighted by Gasteiger charge is -2.08. The molecule has 0 aromatic carbocycles. The minimum Gasteiger partial charge on any atom is -0.741 e. The Morgan fingerprint density at radius 2 is 1.69 bits per heavy atom. The monoisotopic (exact) mass is 334 g/mol. The Hall–Kier alpha value is 0.430. The van der Waals surface area contributed by atoms with Crippen molar-refractivity contribution in [2.24, 2.45) is 0 Å². The van der Waals surface area contributed by atoms with Crippen molar-refractivity contribution in [3.63, 3.8) is 0 Å². The Morgan fingerprint density at radius 1 is 1.38 bits per heavy atom. The normalized spacial score (nSPS) is 11.8. The molecule has 0 N–H and O–H groups in total. The summed E-state index contributed by atoms with van der Waals surface area (Å²) in [5.41, 5.74) is -5.65. The third-order valence-corrected chi connectivity index (χ3v) is 2.17. The van der Waals surface area contributed by atoms with Crippen LogP contribution in [0.3, 0.4) is 0 Å². The fourth-order valence-electron chi connectivity index (χ4n) is 0.144. The molecule has 0 spiro atoms. The Morgan fingerprint density at radius 3 is 1.69 bits per heavy atom. The van der Waals surface area contributed by atoms with E-state index in [-0.39, 0.29) is 0 Å². The van der Waals surface area contributed by atoms with Crippen LogP contribution in [0.2, 0.25) is 0 Å². The summed E-state index contributed by atoms with van der Waals surface area (Å²) in [6, 6.07) is 0. The Balaban J connectivity index is 0. The zero-order valence-corrected chi connectivity index (χ0v) is 9.94. The number of halogens is 4. The molecule has 13 heavy (non-hydrogen) atoms. The number of alkyl halides is 4. The van der Waals surface area contributed by atoms with E-state index in [1.165, 1.54) is 17.3 Å². The maximum atomic E-state index is 10.7. The van der Waals surface area contributed by atoms with E-state index in [4.69, 9.17) is 13.0 Å². The molecule has 0 bridgehead atoms. The van der Waals surface area contributed by atoms with E-state index >= 15 is 0 Å². The Labute approximate surface area is 88.6 Å². The summed E-state index contributed by atoms with van der Waals surface area (Å²) in [5.74, 6) is 0. The first kappa shape index (κ1) is 15.9. The SMILES string of the molecule is CCCC[IH+].O=S(=O)([O-])C(F)(F)F. The number of rotatable bonds is 2. The predicted octanol–water partition coefficient (Wildman–Crippen LogP) is -1.88. The minimum absolute atomic E-state index is 1.35.